The van der Waals surface area contributed by atoms with Crippen molar-refractivity contribution < 1.29 is 13.6 Å². The number of para-hydroxylation sites is 1. The second-order valence-corrected chi connectivity index (χ2v) is 7.80. The summed E-state index contributed by atoms with van der Waals surface area (Å²) in [6.07, 6.45) is 9.28. The number of hydrogen-bond acceptors (Lipinski definition) is 3. The van der Waals surface area contributed by atoms with Crippen LogP contribution < -0.4 is 4.52 Å². The SMILES string of the molecule is CCCCCCOP(=O)(CCCCCC)Oc1ccccc1. The maximum Gasteiger partial charge on any atom is 0.379 e. The summed E-state index contributed by atoms with van der Waals surface area (Å²) in [7, 11) is -3.03. The highest BCUT2D eigenvalue weighted by atomic mass is 31.2. The minimum atomic E-state index is -3.03. The molecule has 0 saturated carbocycles. The zero-order chi connectivity index (χ0) is 16.1. The molecule has 0 radical (unpaired) electrons. The fourth-order valence-electron chi connectivity index (χ4n) is 2.24. The molecule has 0 N–H and O–H groups in total. The monoisotopic (exact) mass is 326 g/mol. The third kappa shape index (κ3) is 8.60. The minimum Gasteiger partial charge on any atom is -0.424 e. The summed E-state index contributed by atoms with van der Waals surface area (Å²) >= 11 is 0. The highest BCUT2D eigenvalue weighted by Crippen LogP contribution is 2.49. The summed E-state index contributed by atoms with van der Waals surface area (Å²) in [6.45, 7) is 4.88. The van der Waals surface area contributed by atoms with E-state index in [9.17, 15) is 4.57 Å². The molecule has 0 aromatic heterocycles. The molecule has 126 valence electrons. The van der Waals surface area contributed by atoms with Crippen molar-refractivity contribution in [3.05, 3.63) is 30.3 Å². The highest BCUT2D eigenvalue weighted by Gasteiger charge is 2.25. The maximum atomic E-state index is 12.9. The molecule has 3 nitrogen and oxygen atoms in total. The van der Waals surface area contributed by atoms with E-state index in [1.54, 1.807) is 0 Å². The zero-order valence-electron chi connectivity index (χ0n) is 14.1. The fourth-order valence-corrected chi connectivity index (χ4v) is 3.98. The number of rotatable bonds is 13. The molecule has 0 bridgehead atoms. The molecule has 1 aromatic rings. The van der Waals surface area contributed by atoms with Gasteiger partial charge in [0.1, 0.15) is 5.75 Å². The van der Waals surface area contributed by atoms with Gasteiger partial charge >= 0.3 is 7.60 Å². The lowest BCUT2D eigenvalue weighted by Gasteiger charge is -2.19. The third-order valence-electron chi connectivity index (χ3n) is 3.56. The van der Waals surface area contributed by atoms with Gasteiger partial charge in [0.05, 0.1) is 12.8 Å². The van der Waals surface area contributed by atoms with Gasteiger partial charge in [-0.3, -0.25) is 4.52 Å². The first kappa shape index (κ1) is 19.3. The normalized spacial score (nSPS) is 13.7. The lowest BCUT2D eigenvalue weighted by Crippen LogP contribution is -2.04. The van der Waals surface area contributed by atoms with Crippen LogP contribution in [0.4, 0.5) is 0 Å². The number of hydrogen-bond donors (Lipinski definition) is 0. The van der Waals surface area contributed by atoms with E-state index in [2.05, 4.69) is 13.8 Å². The van der Waals surface area contributed by atoms with Crippen molar-refractivity contribution in [2.75, 3.05) is 12.8 Å². The molecule has 1 unspecified atom stereocenters. The van der Waals surface area contributed by atoms with Crippen molar-refractivity contribution in [2.45, 2.75) is 65.2 Å². The fraction of sp³-hybridized carbons (Fsp3) is 0.667. The minimum absolute atomic E-state index is 0.510. The van der Waals surface area contributed by atoms with Gasteiger partial charge in [-0.1, -0.05) is 70.6 Å². The van der Waals surface area contributed by atoms with Crippen LogP contribution in [0.3, 0.4) is 0 Å². The third-order valence-corrected chi connectivity index (χ3v) is 5.49. The Kier molecular flexibility index (Phi) is 10.3. The van der Waals surface area contributed by atoms with Crippen molar-refractivity contribution in [1.82, 2.24) is 0 Å². The molecular formula is C18H31O3P. The van der Waals surface area contributed by atoms with E-state index in [0.717, 1.165) is 25.7 Å². The van der Waals surface area contributed by atoms with Gasteiger partial charge in [-0.25, -0.2) is 4.57 Å². The first-order valence-electron chi connectivity index (χ1n) is 8.68. The quantitative estimate of drug-likeness (QED) is 0.309. The van der Waals surface area contributed by atoms with Crippen LogP contribution in [-0.2, 0) is 9.09 Å². The van der Waals surface area contributed by atoms with Crippen LogP contribution in [0.15, 0.2) is 30.3 Å². The largest absolute Gasteiger partial charge is 0.424 e. The molecule has 4 heteroatoms. The Morgan fingerprint density at radius 1 is 0.864 bits per heavy atom. The van der Waals surface area contributed by atoms with E-state index in [0.29, 0.717) is 18.5 Å². The highest BCUT2D eigenvalue weighted by molar-refractivity contribution is 7.54. The van der Waals surface area contributed by atoms with Crippen molar-refractivity contribution in [2.24, 2.45) is 0 Å². The van der Waals surface area contributed by atoms with Gasteiger partial charge in [-0.15, -0.1) is 0 Å². The van der Waals surface area contributed by atoms with Gasteiger partial charge in [0.25, 0.3) is 0 Å². The molecule has 0 aliphatic heterocycles. The smallest absolute Gasteiger partial charge is 0.379 e. The van der Waals surface area contributed by atoms with Crippen molar-refractivity contribution >= 4 is 7.60 Å². The van der Waals surface area contributed by atoms with Crippen LogP contribution >= 0.6 is 7.60 Å². The van der Waals surface area contributed by atoms with Gasteiger partial charge in [0.2, 0.25) is 0 Å². The first-order chi connectivity index (χ1) is 10.7. The summed E-state index contributed by atoms with van der Waals surface area (Å²) in [6, 6.07) is 9.36. The number of benzene rings is 1. The van der Waals surface area contributed by atoms with E-state index >= 15 is 0 Å². The average Bonchev–Trinajstić information content (AvgIpc) is 2.52. The summed E-state index contributed by atoms with van der Waals surface area (Å²) in [5.41, 5.74) is 0. The number of unbranched alkanes of at least 4 members (excludes halogenated alkanes) is 6. The van der Waals surface area contributed by atoms with Gasteiger partial charge in [0, 0.05) is 0 Å². The molecule has 0 amide bonds. The molecule has 0 aliphatic carbocycles. The van der Waals surface area contributed by atoms with E-state index in [-0.39, 0.29) is 0 Å². The molecule has 0 aliphatic rings. The maximum absolute atomic E-state index is 12.9. The summed E-state index contributed by atoms with van der Waals surface area (Å²) in [5.74, 6) is 0.634. The van der Waals surface area contributed by atoms with Crippen LogP contribution in [0, 0.1) is 0 Å². The average molecular weight is 326 g/mol. The topological polar surface area (TPSA) is 35.5 Å². The Bertz CT molecular complexity index is 420. The van der Waals surface area contributed by atoms with Gasteiger partial charge in [-0.2, -0.15) is 0 Å². The summed E-state index contributed by atoms with van der Waals surface area (Å²) in [4.78, 5) is 0. The standard InChI is InChI=1S/C18H31O3P/c1-3-5-7-12-16-20-22(19,17-13-8-6-4-2)21-18-14-10-9-11-15-18/h9-11,14-15H,3-8,12-13,16-17H2,1-2H3. The zero-order valence-corrected chi connectivity index (χ0v) is 15.0. The van der Waals surface area contributed by atoms with Crippen molar-refractivity contribution in [3.8, 4) is 5.75 Å². The summed E-state index contributed by atoms with van der Waals surface area (Å²) in [5, 5.41) is 0. The second-order valence-electron chi connectivity index (χ2n) is 5.69. The molecule has 22 heavy (non-hydrogen) atoms. The second kappa shape index (κ2) is 11.7. The Hall–Kier alpha value is -0.790. The molecule has 1 atom stereocenters. The van der Waals surface area contributed by atoms with Crippen molar-refractivity contribution in [1.29, 1.82) is 0 Å². The molecule has 1 aromatic carbocycles. The van der Waals surface area contributed by atoms with E-state index < -0.39 is 7.60 Å². The Labute approximate surface area is 136 Å². The molecule has 1 rings (SSSR count). The Morgan fingerprint density at radius 3 is 2.14 bits per heavy atom. The van der Waals surface area contributed by atoms with Crippen molar-refractivity contribution in [3.63, 3.8) is 0 Å². The van der Waals surface area contributed by atoms with Gasteiger partial charge in [0.15, 0.2) is 0 Å². The molecular weight excluding hydrogens is 295 g/mol. The van der Waals surface area contributed by atoms with E-state index in [1.165, 1.54) is 25.7 Å². The lowest BCUT2D eigenvalue weighted by atomic mass is 10.2. The van der Waals surface area contributed by atoms with Crippen LogP contribution in [0.2, 0.25) is 0 Å². The lowest BCUT2D eigenvalue weighted by molar-refractivity contribution is 0.257. The van der Waals surface area contributed by atoms with E-state index in [4.69, 9.17) is 9.05 Å². The van der Waals surface area contributed by atoms with Crippen LogP contribution in [0.5, 0.6) is 5.75 Å². The Morgan fingerprint density at radius 2 is 1.50 bits per heavy atom. The molecule has 0 saturated heterocycles. The Balaban J connectivity index is 2.49. The predicted molar refractivity (Wildman–Crippen MR) is 93.8 cm³/mol. The van der Waals surface area contributed by atoms with Crippen LogP contribution in [0.25, 0.3) is 0 Å². The molecule has 0 heterocycles. The van der Waals surface area contributed by atoms with E-state index in [1.807, 2.05) is 30.3 Å². The predicted octanol–water partition coefficient (Wildman–Crippen LogP) is 6.44. The van der Waals surface area contributed by atoms with Crippen LogP contribution in [0.1, 0.15) is 65.2 Å². The first-order valence-corrected chi connectivity index (χ1v) is 10.4. The van der Waals surface area contributed by atoms with Gasteiger partial charge < -0.3 is 4.52 Å². The van der Waals surface area contributed by atoms with Gasteiger partial charge in [-0.05, 0) is 25.0 Å². The molecule has 0 spiro atoms. The van der Waals surface area contributed by atoms with Crippen LogP contribution in [-0.4, -0.2) is 12.8 Å². The molecule has 0 fully saturated rings. The summed E-state index contributed by atoms with van der Waals surface area (Å²) < 4.78 is 24.3.